The Kier molecular flexibility index (Phi) is 8.76. The fourth-order valence-electron chi connectivity index (χ4n) is 4.93. The molecule has 1 saturated heterocycles. The van der Waals surface area contributed by atoms with Gasteiger partial charge in [-0.3, -0.25) is 4.99 Å². The van der Waals surface area contributed by atoms with Gasteiger partial charge in [-0.2, -0.15) is 0 Å². The summed E-state index contributed by atoms with van der Waals surface area (Å²) in [5.74, 6) is 0.624. The predicted octanol–water partition coefficient (Wildman–Crippen LogP) is 5.03. The van der Waals surface area contributed by atoms with Gasteiger partial charge in [0.2, 0.25) is 0 Å². The molecule has 2 aliphatic heterocycles. The molecule has 2 unspecified atom stereocenters. The molecular formula is C25H40N4O. The zero-order chi connectivity index (χ0) is 21.3. The quantitative estimate of drug-likeness (QED) is 0.418. The lowest BCUT2D eigenvalue weighted by Gasteiger charge is -2.46. The molecule has 0 saturated carbocycles. The van der Waals surface area contributed by atoms with Gasteiger partial charge in [0.25, 0.3) is 0 Å². The van der Waals surface area contributed by atoms with E-state index in [-0.39, 0.29) is 0 Å². The van der Waals surface area contributed by atoms with Crippen molar-refractivity contribution in [1.29, 1.82) is 0 Å². The number of aliphatic hydroxyl groups is 1. The standard InChI is InChI=1S/C25H40N4O/c1-4-7-8-9-12-20(6-3)28-18-15-21(16-19-28)29-23-14-11-10-13-22(23)27-24(25(29)30)26-17-5-2/h5,10-11,13-14,20-21,25,30H,2,4,6-9,12,15-19H2,1,3H3,(H,26,27). The van der Waals surface area contributed by atoms with Crippen LogP contribution in [-0.2, 0) is 0 Å². The Morgan fingerprint density at radius 2 is 1.97 bits per heavy atom. The minimum absolute atomic E-state index is 0.325. The topological polar surface area (TPSA) is 51.1 Å². The van der Waals surface area contributed by atoms with E-state index in [1.807, 2.05) is 12.1 Å². The van der Waals surface area contributed by atoms with Crippen LogP contribution < -0.4 is 10.2 Å². The van der Waals surface area contributed by atoms with E-state index in [2.05, 4.69) is 52.7 Å². The van der Waals surface area contributed by atoms with Crippen molar-refractivity contribution in [2.45, 2.75) is 83.5 Å². The molecule has 2 atom stereocenters. The number of hydrogen-bond donors (Lipinski definition) is 2. The maximum absolute atomic E-state index is 11.1. The van der Waals surface area contributed by atoms with E-state index in [1.54, 1.807) is 6.08 Å². The van der Waals surface area contributed by atoms with Crippen molar-refractivity contribution in [2.75, 3.05) is 29.9 Å². The number of aliphatic hydroxyl groups excluding tert-OH is 1. The van der Waals surface area contributed by atoms with Crippen LogP contribution in [0.3, 0.4) is 0 Å². The number of hydrogen-bond acceptors (Lipinski definition) is 4. The second-order valence-electron chi connectivity index (χ2n) is 8.62. The highest BCUT2D eigenvalue weighted by Crippen LogP contribution is 2.36. The van der Waals surface area contributed by atoms with Crippen LogP contribution in [0.2, 0.25) is 0 Å². The molecule has 0 aromatic heterocycles. The van der Waals surface area contributed by atoms with E-state index >= 15 is 0 Å². The number of unbranched alkanes of at least 4 members (excludes halogenated alkanes) is 3. The van der Waals surface area contributed by atoms with Crippen molar-refractivity contribution in [3.63, 3.8) is 0 Å². The van der Waals surface area contributed by atoms with Crippen LogP contribution in [0.4, 0.5) is 11.4 Å². The number of nitrogens with one attached hydrogen (secondary N) is 1. The molecule has 0 bridgehead atoms. The summed E-state index contributed by atoms with van der Waals surface area (Å²) in [4.78, 5) is 9.40. The molecule has 2 aliphatic rings. The van der Waals surface area contributed by atoms with Gasteiger partial charge >= 0.3 is 0 Å². The largest absolute Gasteiger partial charge is 0.367 e. The third-order valence-electron chi connectivity index (χ3n) is 6.61. The number of fused-ring (bicyclic) bond motifs is 1. The van der Waals surface area contributed by atoms with Crippen LogP contribution in [0.15, 0.2) is 41.9 Å². The molecule has 0 amide bonds. The summed E-state index contributed by atoms with van der Waals surface area (Å²) in [6, 6.07) is 9.27. The highest BCUT2D eigenvalue weighted by molar-refractivity contribution is 6.06. The number of nitrogens with zero attached hydrogens (tertiary/aromatic N) is 3. The van der Waals surface area contributed by atoms with Gasteiger partial charge in [-0.15, -0.1) is 6.58 Å². The molecule has 2 heterocycles. The molecule has 2 N–H and O–H groups in total. The normalized spacial score (nSPS) is 22.6. The van der Waals surface area contributed by atoms with Gasteiger partial charge < -0.3 is 20.2 Å². The Morgan fingerprint density at radius 3 is 2.67 bits per heavy atom. The molecule has 0 aliphatic carbocycles. The summed E-state index contributed by atoms with van der Waals surface area (Å²) in [7, 11) is 0. The fourth-order valence-corrected chi connectivity index (χ4v) is 4.93. The number of piperidine rings is 1. The van der Waals surface area contributed by atoms with Gasteiger partial charge in [-0.25, -0.2) is 0 Å². The van der Waals surface area contributed by atoms with Gasteiger partial charge in [0, 0.05) is 25.2 Å². The van der Waals surface area contributed by atoms with Crippen molar-refractivity contribution < 1.29 is 5.11 Å². The van der Waals surface area contributed by atoms with E-state index in [1.165, 1.54) is 38.5 Å². The molecule has 1 aromatic rings. The summed E-state index contributed by atoms with van der Waals surface area (Å²) in [6.07, 6.45) is 11.1. The zero-order valence-corrected chi connectivity index (χ0v) is 18.9. The summed E-state index contributed by atoms with van der Waals surface area (Å²) in [6.45, 7) is 11.1. The molecule has 3 rings (SSSR count). The van der Waals surface area contributed by atoms with Crippen LogP contribution in [0.25, 0.3) is 0 Å². The van der Waals surface area contributed by atoms with Gasteiger partial charge in [0.15, 0.2) is 12.1 Å². The predicted molar refractivity (Wildman–Crippen MR) is 128 cm³/mol. The first-order chi connectivity index (χ1) is 14.7. The lowest BCUT2D eigenvalue weighted by Crippen LogP contribution is -2.56. The van der Waals surface area contributed by atoms with Crippen molar-refractivity contribution in [1.82, 2.24) is 4.90 Å². The molecule has 5 heteroatoms. The molecule has 30 heavy (non-hydrogen) atoms. The summed E-state index contributed by atoms with van der Waals surface area (Å²) < 4.78 is 0. The average molecular weight is 413 g/mol. The van der Waals surface area contributed by atoms with Crippen LogP contribution in [0.1, 0.15) is 65.2 Å². The number of para-hydroxylation sites is 2. The maximum Gasteiger partial charge on any atom is 0.186 e. The average Bonchev–Trinajstić information content (AvgIpc) is 2.78. The van der Waals surface area contributed by atoms with Crippen molar-refractivity contribution in [2.24, 2.45) is 4.99 Å². The Hall–Kier alpha value is -1.85. The molecule has 1 aromatic carbocycles. The van der Waals surface area contributed by atoms with Crippen molar-refractivity contribution >= 4 is 17.2 Å². The van der Waals surface area contributed by atoms with Crippen LogP contribution in [0, 0.1) is 0 Å². The van der Waals surface area contributed by atoms with Gasteiger partial charge in [0.05, 0.1) is 17.9 Å². The van der Waals surface area contributed by atoms with E-state index in [4.69, 9.17) is 0 Å². The lowest BCUT2D eigenvalue weighted by atomic mass is 9.96. The van der Waals surface area contributed by atoms with E-state index < -0.39 is 6.23 Å². The van der Waals surface area contributed by atoms with Gasteiger partial charge in [-0.05, 0) is 37.8 Å². The van der Waals surface area contributed by atoms with Gasteiger partial charge in [0.1, 0.15) is 0 Å². The Morgan fingerprint density at radius 1 is 1.20 bits per heavy atom. The minimum atomic E-state index is -0.729. The van der Waals surface area contributed by atoms with E-state index in [0.29, 0.717) is 24.5 Å². The summed E-state index contributed by atoms with van der Waals surface area (Å²) >= 11 is 0. The molecule has 166 valence electrons. The third-order valence-corrected chi connectivity index (χ3v) is 6.61. The second-order valence-corrected chi connectivity index (χ2v) is 8.62. The first-order valence-electron chi connectivity index (χ1n) is 11.9. The van der Waals surface area contributed by atoms with Crippen LogP contribution in [-0.4, -0.2) is 53.8 Å². The maximum atomic E-state index is 11.1. The number of benzene rings is 1. The van der Waals surface area contributed by atoms with E-state index in [9.17, 15) is 5.11 Å². The number of likely N-dealkylation sites (tertiary alicyclic amines) is 1. The highest BCUT2D eigenvalue weighted by atomic mass is 16.3. The molecule has 5 nitrogen and oxygen atoms in total. The molecular weight excluding hydrogens is 372 g/mol. The number of anilines is 2. The SMILES string of the molecule is C=CCN=C1Nc2ccccc2N(C2CCN(C(CC)CCCCCC)CC2)C1O. The molecule has 0 radical (unpaired) electrons. The smallest absolute Gasteiger partial charge is 0.186 e. The Bertz CT molecular complexity index is 696. The third kappa shape index (κ3) is 5.44. The number of aliphatic imine (C=N–C) groups is 1. The highest BCUT2D eigenvalue weighted by Gasteiger charge is 2.36. The van der Waals surface area contributed by atoms with Crippen molar-refractivity contribution in [3.05, 3.63) is 36.9 Å². The monoisotopic (exact) mass is 412 g/mol. The lowest BCUT2D eigenvalue weighted by molar-refractivity contribution is 0.124. The molecule has 1 fully saturated rings. The molecule has 0 spiro atoms. The minimum Gasteiger partial charge on any atom is -0.367 e. The zero-order valence-electron chi connectivity index (χ0n) is 18.9. The number of rotatable bonds is 10. The second kappa shape index (κ2) is 11.5. The summed E-state index contributed by atoms with van der Waals surface area (Å²) in [5.41, 5.74) is 2.10. The van der Waals surface area contributed by atoms with E-state index in [0.717, 1.165) is 37.3 Å². The summed E-state index contributed by atoms with van der Waals surface area (Å²) in [5, 5.41) is 14.4. The van der Waals surface area contributed by atoms with Crippen LogP contribution in [0.5, 0.6) is 0 Å². The fraction of sp³-hybridized carbons (Fsp3) is 0.640. The van der Waals surface area contributed by atoms with Crippen LogP contribution >= 0.6 is 0 Å². The van der Waals surface area contributed by atoms with Gasteiger partial charge in [-0.1, -0.05) is 57.7 Å². The number of amidine groups is 1. The first kappa shape index (κ1) is 22.8. The Labute approximate surface area is 182 Å². The first-order valence-corrected chi connectivity index (χ1v) is 11.9. The Balaban J connectivity index is 1.66. The van der Waals surface area contributed by atoms with Crippen molar-refractivity contribution in [3.8, 4) is 0 Å².